The van der Waals surface area contributed by atoms with E-state index in [1.165, 1.54) is 23.5 Å². The molecule has 0 saturated heterocycles. The first kappa shape index (κ1) is 29.3. The topological polar surface area (TPSA) is 75.6 Å². The molecule has 1 aliphatic carbocycles. The smallest absolute Gasteiger partial charge is 0.305 e. The van der Waals surface area contributed by atoms with Crippen molar-refractivity contribution >= 4 is 23.2 Å². The number of carbonyl (C=O) groups excluding carboxylic acids is 1. The largest absolute Gasteiger partial charge is 0.481 e. The van der Waals surface area contributed by atoms with Gasteiger partial charge in [-0.25, -0.2) is 8.78 Å². The number of hydrogen-bond donors (Lipinski definition) is 2. The molecule has 0 fully saturated rings. The number of ether oxygens (including phenoxy) is 1. The van der Waals surface area contributed by atoms with Crippen LogP contribution in [0.15, 0.2) is 72.0 Å². The van der Waals surface area contributed by atoms with E-state index in [0.29, 0.717) is 10.6 Å². The third kappa shape index (κ3) is 6.78. The van der Waals surface area contributed by atoms with Gasteiger partial charge in [-0.05, 0) is 55.2 Å². The monoisotopic (exact) mass is 543 g/mol. The van der Waals surface area contributed by atoms with Crippen LogP contribution in [0.2, 0.25) is 0 Å². The first-order valence-electron chi connectivity index (χ1n) is 12.7. The van der Waals surface area contributed by atoms with Crippen molar-refractivity contribution in [2.24, 2.45) is 5.92 Å². The fourth-order valence-corrected chi connectivity index (χ4v) is 5.39. The van der Waals surface area contributed by atoms with Gasteiger partial charge in [-0.1, -0.05) is 56.7 Å². The van der Waals surface area contributed by atoms with Gasteiger partial charge in [0.05, 0.1) is 11.3 Å². The number of nitrogens with one attached hydrogen (secondary N) is 1. The predicted octanol–water partition coefficient (Wildman–Crippen LogP) is 7.53. The van der Waals surface area contributed by atoms with Crippen LogP contribution in [0.3, 0.4) is 0 Å². The molecule has 1 aromatic carbocycles. The van der Waals surface area contributed by atoms with Gasteiger partial charge in [0.2, 0.25) is 0 Å². The SMILES string of the molecule is CC/C=C/C(OC1=CC(C)C(C)(c2ccc(C(C)(F)F)cc2)C(C)=C1)c1ccc(C(=O)NCCC(=O)O)s1. The highest BCUT2D eigenvalue weighted by Gasteiger charge is 2.37. The third-order valence-corrected chi connectivity index (χ3v) is 8.20. The minimum atomic E-state index is -2.88. The zero-order valence-electron chi connectivity index (χ0n) is 22.4. The fraction of sp³-hybridized carbons (Fsp3) is 0.400. The number of allylic oxidation sites excluding steroid dienone is 4. The number of carboxylic acids is 1. The molecule has 3 unspecified atom stereocenters. The Bertz CT molecular complexity index is 1240. The molecule has 3 atom stereocenters. The molecule has 0 saturated carbocycles. The van der Waals surface area contributed by atoms with Crippen molar-refractivity contribution in [3.8, 4) is 0 Å². The highest BCUT2D eigenvalue weighted by Crippen LogP contribution is 2.45. The van der Waals surface area contributed by atoms with Gasteiger partial charge in [0, 0.05) is 29.3 Å². The van der Waals surface area contributed by atoms with E-state index in [2.05, 4.69) is 25.2 Å². The lowest BCUT2D eigenvalue weighted by Crippen LogP contribution is -2.33. The summed E-state index contributed by atoms with van der Waals surface area (Å²) in [6, 6.07) is 10.1. The Balaban J connectivity index is 1.80. The highest BCUT2D eigenvalue weighted by molar-refractivity contribution is 7.14. The van der Waals surface area contributed by atoms with E-state index in [1.807, 2.05) is 38.1 Å². The maximum absolute atomic E-state index is 13.7. The molecule has 204 valence electrons. The summed E-state index contributed by atoms with van der Waals surface area (Å²) in [7, 11) is 0. The number of aliphatic carboxylic acids is 1. The van der Waals surface area contributed by atoms with Gasteiger partial charge in [0.15, 0.2) is 6.10 Å². The van der Waals surface area contributed by atoms with E-state index in [1.54, 1.807) is 18.2 Å². The molecule has 3 rings (SSSR count). The Morgan fingerprint density at radius 1 is 1.24 bits per heavy atom. The van der Waals surface area contributed by atoms with Gasteiger partial charge >= 0.3 is 5.97 Å². The first-order chi connectivity index (χ1) is 17.9. The second-order valence-corrected chi connectivity index (χ2v) is 10.9. The van der Waals surface area contributed by atoms with Crippen molar-refractivity contribution in [3.63, 3.8) is 0 Å². The van der Waals surface area contributed by atoms with Crippen molar-refractivity contribution in [1.82, 2.24) is 5.32 Å². The van der Waals surface area contributed by atoms with Crippen LogP contribution in [-0.4, -0.2) is 23.5 Å². The van der Waals surface area contributed by atoms with Crippen LogP contribution >= 0.6 is 11.3 Å². The number of halogens is 2. The summed E-state index contributed by atoms with van der Waals surface area (Å²) in [6.07, 6.45) is 8.29. The van der Waals surface area contributed by atoms with Crippen LogP contribution in [-0.2, 0) is 20.9 Å². The van der Waals surface area contributed by atoms with Crippen LogP contribution in [0.4, 0.5) is 8.78 Å². The van der Waals surface area contributed by atoms with Crippen LogP contribution in [0, 0.1) is 5.92 Å². The summed E-state index contributed by atoms with van der Waals surface area (Å²) in [6.45, 7) is 9.21. The molecule has 0 bridgehead atoms. The summed E-state index contributed by atoms with van der Waals surface area (Å²) in [5.74, 6) is -3.43. The number of amides is 1. The summed E-state index contributed by atoms with van der Waals surface area (Å²) in [5, 5.41) is 11.4. The molecule has 2 aromatic rings. The Morgan fingerprint density at radius 3 is 2.50 bits per heavy atom. The second-order valence-electron chi connectivity index (χ2n) is 9.83. The van der Waals surface area contributed by atoms with Crippen molar-refractivity contribution in [2.45, 2.75) is 64.9 Å². The summed E-state index contributed by atoms with van der Waals surface area (Å²) >= 11 is 1.30. The average Bonchev–Trinajstić information content (AvgIpc) is 3.34. The van der Waals surface area contributed by atoms with E-state index in [-0.39, 0.29) is 35.8 Å². The zero-order valence-corrected chi connectivity index (χ0v) is 23.2. The molecule has 0 radical (unpaired) electrons. The predicted molar refractivity (Wildman–Crippen MR) is 147 cm³/mol. The number of benzene rings is 1. The third-order valence-electron chi connectivity index (χ3n) is 7.06. The van der Waals surface area contributed by atoms with Crippen LogP contribution in [0.1, 0.15) is 79.2 Å². The van der Waals surface area contributed by atoms with Crippen molar-refractivity contribution < 1.29 is 28.2 Å². The zero-order chi connectivity index (χ0) is 28.1. The number of rotatable bonds is 11. The molecular weight excluding hydrogens is 508 g/mol. The lowest BCUT2D eigenvalue weighted by molar-refractivity contribution is -0.136. The van der Waals surface area contributed by atoms with Crippen molar-refractivity contribution in [1.29, 1.82) is 0 Å². The Kier molecular flexibility index (Phi) is 9.31. The van der Waals surface area contributed by atoms with Gasteiger partial charge < -0.3 is 15.2 Å². The molecule has 0 spiro atoms. The van der Waals surface area contributed by atoms with Crippen LogP contribution < -0.4 is 5.32 Å². The molecule has 38 heavy (non-hydrogen) atoms. The molecule has 1 amide bonds. The number of carbonyl (C=O) groups is 2. The van der Waals surface area contributed by atoms with Gasteiger partial charge in [-0.15, -0.1) is 11.3 Å². The number of thiophene rings is 1. The van der Waals surface area contributed by atoms with E-state index in [9.17, 15) is 18.4 Å². The molecule has 8 heteroatoms. The first-order valence-corrected chi connectivity index (χ1v) is 13.5. The minimum Gasteiger partial charge on any atom is -0.481 e. The van der Waals surface area contributed by atoms with E-state index < -0.39 is 18.0 Å². The number of hydrogen-bond acceptors (Lipinski definition) is 4. The maximum Gasteiger partial charge on any atom is 0.305 e. The Hall–Kier alpha value is -3.26. The maximum atomic E-state index is 13.7. The van der Waals surface area contributed by atoms with Gasteiger partial charge in [0.1, 0.15) is 5.76 Å². The normalized spacial score (nSPS) is 20.6. The molecule has 5 nitrogen and oxygen atoms in total. The van der Waals surface area contributed by atoms with Crippen molar-refractivity contribution in [3.05, 3.63) is 92.9 Å². The summed E-state index contributed by atoms with van der Waals surface area (Å²) < 4.78 is 33.9. The molecule has 2 N–H and O–H groups in total. The number of alkyl halides is 2. The van der Waals surface area contributed by atoms with Crippen LogP contribution in [0.25, 0.3) is 0 Å². The number of carboxylic acid groups (broad SMARTS) is 1. The quantitative estimate of drug-likeness (QED) is 0.287. The van der Waals surface area contributed by atoms with E-state index >= 15 is 0 Å². The average molecular weight is 544 g/mol. The van der Waals surface area contributed by atoms with Gasteiger partial charge in [-0.3, -0.25) is 9.59 Å². The lowest BCUT2D eigenvalue weighted by atomic mass is 9.65. The van der Waals surface area contributed by atoms with Crippen LogP contribution in [0.5, 0.6) is 0 Å². The molecule has 1 aromatic heterocycles. The fourth-order valence-electron chi connectivity index (χ4n) is 4.45. The molecular formula is C30H35F2NO4S. The second kappa shape index (κ2) is 12.1. The summed E-state index contributed by atoms with van der Waals surface area (Å²) in [4.78, 5) is 24.5. The van der Waals surface area contributed by atoms with E-state index in [4.69, 9.17) is 9.84 Å². The molecule has 1 heterocycles. The van der Waals surface area contributed by atoms with Gasteiger partial charge in [-0.2, -0.15) is 0 Å². The Labute approximate surface area is 226 Å². The summed E-state index contributed by atoms with van der Waals surface area (Å²) in [5.41, 5.74) is 1.63. The van der Waals surface area contributed by atoms with Crippen molar-refractivity contribution in [2.75, 3.05) is 6.54 Å². The molecule has 1 aliphatic rings. The van der Waals surface area contributed by atoms with E-state index in [0.717, 1.165) is 29.4 Å². The molecule has 0 aliphatic heterocycles. The highest BCUT2D eigenvalue weighted by atomic mass is 32.1. The lowest BCUT2D eigenvalue weighted by Gasteiger charge is -2.39. The van der Waals surface area contributed by atoms with Gasteiger partial charge in [0.25, 0.3) is 11.8 Å². The standard InChI is InChI=1S/C30H35F2NO4S/c1-6-7-8-24(25-13-14-26(38-25)28(36)33-16-15-27(34)35)37-23-17-19(2)29(4,20(3)18-23)21-9-11-22(12-10-21)30(5,31)32/h7-14,17-19,24H,6,15-16H2,1-5H3,(H,33,36)(H,34,35)/b8-7+. The minimum absolute atomic E-state index is 0.00838. The Morgan fingerprint density at radius 2 is 1.92 bits per heavy atom.